The zero-order valence-electron chi connectivity index (χ0n) is 12.1. The monoisotopic (exact) mass is 259 g/mol. The number of carbonyl (C=O) groups is 1. The molecule has 2 heteroatoms. The van der Waals surface area contributed by atoms with E-state index in [-0.39, 0.29) is 5.91 Å². The van der Waals surface area contributed by atoms with Crippen molar-refractivity contribution in [2.45, 2.75) is 58.3 Å². The molecule has 19 heavy (non-hydrogen) atoms. The molecular formula is C17H25NO. The summed E-state index contributed by atoms with van der Waals surface area (Å²) in [6, 6.07) is 8.45. The number of rotatable bonds is 4. The quantitative estimate of drug-likeness (QED) is 0.833. The van der Waals surface area contributed by atoms with Crippen LogP contribution in [0.4, 0.5) is 5.69 Å². The number of hydrogen-bond donors (Lipinski definition) is 1. The molecule has 1 aromatic rings. The largest absolute Gasteiger partial charge is 0.326 e. The van der Waals surface area contributed by atoms with Crippen molar-refractivity contribution in [3.05, 3.63) is 29.8 Å². The second-order valence-electron chi connectivity index (χ2n) is 5.88. The van der Waals surface area contributed by atoms with E-state index in [1.54, 1.807) is 0 Å². The zero-order chi connectivity index (χ0) is 13.7. The van der Waals surface area contributed by atoms with Crippen molar-refractivity contribution < 1.29 is 4.79 Å². The van der Waals surface area contributed by atoms with Crippen molar-refractivity contribution in [2.24, 2.45) is 5.92 Å². The molecule has 1 saturated carbocycles. The van der Waals surface area contributed by atoms with E-state index in [2.05, 4.69) is 24.4 Å². The molecule has 0 aromatic heterocycles. The molecule has 0 bridgehead atoms. The van der Waals surface area contributed by atoms with Gasteiger partial charge in [-0.2, -0.15) is 0 Å². The fourth-order valence-electron chi connectivity index (χ4n) is 2.88. The van der Waals surface area contributed by atoms with Gasteiger partial charge < -0.3 is 5.32 Å². The van der Waals surface area contributed by atoms with Gasteiger partial charge in [-0.1, -0.05) is 38.8 Å². The maximum atomic E-state index is 11.5. The molecule has 1 aromatic carbocycles. The van der Waals surface area contributed by atoms with Crippen LogP contribution >= 0.6 is 0 Å². The lowest BCUT2D eigenvalue weighted by atomic mass is 9.79. The molecule has 2 nitrogen and oxygen atoms in total. The van der Waals surface area contributed by atoms with Gasteiger partial charge in [0.15, 0.2) is 0 Å². The van der Waals surface area contributed by atoms with Gasteiger partial charge in [0.1, 0.15) is 0 Å². The van der Waals surface area contributed by atoms with Crippen molar-refractivity contribution >= 4 is 11.6 Å². The Labute approximate surface area is 116 Å². The predicted octanol–water partition coefficient (Wildman–Crippen LogP) is 4.72. The van der Waals surface area contributed by atoms with E-state index in [1.807, 2.05) is 19.1 Å². The van der Waals surface area contributed by atoms with Crippen LogP contribution in [0.25, 0.3) is 0 Å². The molecule has 0 spiro atoms. The standard InChI is InChI=1S/C17H25NO/c1-3-4-17(19)18-16-11-9-15(10-12-16)14-7-5-13(2)6-8-14/h9-14H,3-8H2,1-2H3,(H,18,19). The smallest absolute Gasteiger partial charge is 0.224 e. The van der Waals surface area contributed by atoms with Gasteiger partial charge in [-0.15, -0.1) is 0 Å². The van der Waals surface area contributed by atoms with Crippen molar-refractivity contribution in [3.8, 4) is 0 Å². The zero-order valence-corrected chi connectivity index (χ0v) is 12.1. The maximum Gasteiger partial charge on any atom is 0.224 e. The molecule has 1 N–H and O–H groups in total. The van der Waals surface area contributed by atoms with Crippen LogP contribution in [0, 0.1) is 5.92 Å². The average molecular weight is 259 g/mol. The van der Waals surface area contributed by atoms with Gasteiger partial charge in [0.05, 0.1) is 0 Å². The van der Waals surface area contributed by atoms with Gasteiger partial charge in [0.2, 0.25) is 5.91 Å². The first-order valence-corrected chi connectivity index (χ1v) is 7.59. The molecule has 1 aliphatic carbocycles. The second kappa shape index (κ2) is 6.74. The van der Waals surface area contributed by atoms with Gasteiger partial charge in [0, 0.05) is 12.1 Å². The molecule has 104 valence electrons. The topological polar surface area (TPSA) is 29.1 Å². The van der Waals surface area contributed by atoms with E-state index in [0.717, 1.165) is 23.9 Å². The average Bonchev–Trinajstić information content (AvgIpc) is 2.41. The summed E-state index contributed by atoms with van der Waals surface area (Å²) in [4.78, 5) is 11.5. The molecule has 1 amide bonds. The molecule has 0 heterocycles. The Kier molecular flexibility index (Phi) is 5.00. The van der Waals surface area contributed by atoms with Gasteiger partial charge in [0.25, 0.3) is 0 Å². The fraction of sp³-hybridized carbons (Fsp3) is 0.588. The number of anilines is 1. The Balaban J connectivity index is 1.92. The van der Waals surface area contributed by atoms with Crippen LogP contribution in [-0.4, -0.2) is 5.91 Å². The van der Waals surface area contributed by atoms with Gasteiger partial charge >= 0.3 is 0 Å². The van der Waals surface area contributed by atoms with Crippen LogP contribution in [-0.2, 0) is 4.79 Å². The number of hydrogen-bond acceptors (Lipinski definition) is 1. The first kappa shape index (κ1) is 14.1. The van der Waals surface area contributed by atoms with Crippen LogP contribution < -0.4 is 5.32 Å². The van der Waals surface area contributed by atoms with E-state index >= 15 is 0 Å². The third-order valence-electron chi connectivity index (χ3n) is 4.16. The van der Waals surface area contributed by atoms with E-state index < -0.39 is 0 Å². The Morgan fingerprint density at radius 3 is 2.37 bits per heavy atom. The van der Waals surface area contributed by atoms with Gasteiger partial charge in [-0.05, 0) is 48.8 Å². The van der Waals surface area contributed by atoms with Crippen LogP contribution in [0.1, 0.15) is 63.9 Å². The van der Waals surface area contributed by atoms with E-state index in [9.17, 15) is 4.79 Å². The molecule has 0 atom stereocenters. The maximum absolute atomic E-state index is 11.5. The number of benzene rings is 1. The molecule has 0 radical (unpaired) electrons. The van der Waals surface area contributed by atoms with Gasteiger partial charge in [-0.3, -0.25) is 4.79 Å². The molecule has 1 fully saturated rings. The SMILES string of the molecule is CCCC(=O)Nc1ccc(C2CCC(C)CC2)cc1. The predicted molar refractivity (Wildman–Crippen MR) is 80.4 cm³/mol. The second-order valence-corrected chi connectivity index (χ2v) is 5.88. The normalized spacial score (nSPS) is 23.1. The molecule has 0 saturated heterocycles. The summed E-state index contributed by atoms with van der Waals surface area (Å²) in [5.41, 5.74) is 2.35. The minimum absolute atomic E-state index is 0.113. The summed E-state index contributed by atoms with van der Waals surface area (Å²) in [5.74, 6) is 1.72. The van der Waals surface area contributed by atoms with E-state index in [1.165, 1.54) is 31.2 Å². The summed E-state index contributed by atoms with van der Waals surface area (Å²) in [6.45, 7) is 4.37. The first-order valence-electron chi connectivity index (χ1n) is 7.59. The third-order valence-corrected chi connectivity index (χ3v) is 4.16. The summed E-state index contributed by atoms with van der Waals surface area (Å²) in [7, 11) is 0. The summed E-state index contributed by atoms with van der Waals surface area (Å²) < 4.78 is 0. The van der Waals surface area contributed by atoms with Gasteiger partial charge in [-0.25, -0.2) is 0 Å². The summed E-state index contributed by atoms with van der Waals surface area (Å²) in [5, 5.41) is 2.94. The highest BCUT2D eigenvalue weighted by Crippen LogP contribution is 2.35. The molecular weight excluding hydrogens is 234 g/mol. The van der Waals surface area contributed by atoms with E-state index in [4.69, 9.17) is 0 Å². The number of nitrogens with one attached hydrogen (secondary N) is 1. The van der Waals surface area contributed by atoms with Crippen LogP contribution in [0.15, 0.2) is 24.3 Å². The number of amides is 1. The Hall–Kier alpha value is -1.31. The lowest BCUT2D eigenvalue weighted by molar-refractivity contribution is -0.116. The Morgan fingerprint density at radius 1 is 1.16 bits per heavy atom. The Bertz CT molecular complexity index is 402. The minimum atomic E-state index is 0.113. The van der Waals surface area contributed by atoms with Crippen molar-refractivity contribution in [1.29, 1.82) is 0 Å². The lowest BCUT2D eigenvalue weighted by Gasteiger charge is -2.26. The van der Waals surface area contributed by atoms with Crippen molar-refractivity contribution in [2.75, 3.05) is 5.32 Å². The first-order chi connectivity index (χ1) is 9.19. The van der Waals surface area contributed by atoms with Crippen LogP contribution in [0.2, 0.25) is 0 Å². The summed E-state index contributed by atoms with van der Waals surface area (Å²) >= 11 is 0. The van der Waals surface area contributed by atoms with Crippen molar-refractivity contribution in [3.63, 3.8) is 0 Å². The Morgan fingerprint density at radius 2 is 1.79 bits per heavy atom. The third kappa shape index (κ3) is 4.09. The highest BCUT2D eigenvalue weighted by Gasteiger charge is 2.19. The van der Waals surface area contributed by atoms with Crippen molar-refractivity contribution in [1.82, 2.24) is 0 Å². The van der Waals surface area contributed by atoms with E-state index in [0.29, 0.717) is 6.42 Å². The van der Waals surface area contributed by atoms with Crippen LogP contribution in [0.3, 0.4) is 0 Å². The molecule has 1 aliphatic rings. The van der Waals surface area contributed by atoms with Crippen LogP contribution in [0.5, 0.6) is 0 Å². The molecule has 0 unspecified atom stereocenters. The highest BCUT2D eigenvalue weighted by molar-refractivity contribution is 5.90. The molecule has 0 aliphatic heterocycles. The summed E-state index contributed by atoms with van der Waals surface area (Å²) in [6.07, 6.45) is 6.80. The fourth-order valence-corrected chi connectivity index (χ4v) is 2.88. The molecule has 2 rings (SSSR count). The lowest BCUT2D eigenvalue weighted by Crippen LogP contribution is -2.12. The highest BCUT2D eigenvalue weighted by atomic mass is 16.1. The minimum Gasteiger partial charge on any atom is -0.326 e. The number of carbonyl (C=O) groups excluding carboxylic acids is 1.